The van der Waals surface area contributed by atoms with Crippen LogP contribution in [0, 0.1) is 0 Å². The second kappa shape index (κ2) is 4.61. The molecule has 2 aromatic heterocycles. The molecule has 1 atom stereocenters. The molecule has 1 unspecified atom stereocenters. The zero-order chi connectivity index (χ0) is 11.7. The first-order chi connectivity index (χ1) is 8.31. The number of thioether (sulfide) groups is 1. The third-order valence-corrected chi connectivity index (χ3v) is 4.64. The molecular formula is C13H17N3S. The molecule has 0 bridgehead atoms. The quantitative estimate of drug-likeness (QED) is 0.887. The SMILES string of the molecule is Nc1ccn2cc(CC3CCCCS3)nc2c1. The van der Waals surface area contributed by atoms with Crippen LogP contribution in [-0.2, 0) is 6.42 Å². The maximum Gasteiger partial charge on any atom is 0.139 e. The number of nitrogens with two attached hydrogens (primary N) is 1. The van der Waals surface area contributed by atoms with Crippen molar-refractivity contribution in [2.75, 3.05) is 11.5 Å². The number of pyridine rings is 1. The lowest BCUT2D eigenvalue weighted by atomic mass is 10.1. The summed E-state index contributed by atoms with van der Waals surface area (Å²) in [5, 5.41) is 0.756. The number of anilines is 1. The molecule has 1 saturated heterocycles. The number of rotatable bonds is 2. The van der Waals surface area contributed by atoms with Gasteiger partial charge in [-0.2, -0.15) is 11.8 Å². The van der Waals surface area contributed by atoms with Crippen LogP contribution in [0.15, 0.2) is 24.5 Å². The first-order valence-electron chi connectivity index (χ1n) is 6.16. The minimum Gasteiger partial charge on any atom is -0.399 e. The molecule has 0 aliphatic carbocycles. The van der Waals surface area contributed by atoms with Crippen molar-refractivity contribution in [1.82, 2.24) is 9.38 Å². The van der Waals surface area contributed by atoms with Crippen LogP contribution in [-0.4, -0.2) is 20.4 Å². The van der Waals surface area contributed by atoms with Crippen LogP contribution < -0.4 is 5.73 Å². The molecule has 0 spiro atoms. The Balaban J connectivity index is 1.80. The third-order valence-electron chi connectivity index (χ3n) is 3.24. The van der Waals surface area contributed by atoms with Crippen molar-refractivity contribution in [3.05, 3.63) is 30.2 Å². The van der Waals surface area contributed by atoms with Crippen molar-refractivity contribution in [3.8, 4) is 0 Å². The number of hydrogen-bond acceptors (Lipinski definition) is 3. The monoisotopic (exact) mass is 247 g/mol. The molecule has 0 amide bonds. The van der Waals surface area contributed by atoms with E-state index in [0.717, 1.165) is 23.0 Å². The van der Waals surface area contributed by atoms with E-state index < -0.39 is 0 Å². The number of nitrogens with zero attached hydrogens (tertiary/aromatic N) is 2. The van der Waals surface area contributed by atoms with Gasteiger partial charge in [-0.25, -0.2) is 4.98 Å². The van der Waals surface area contributed by atoms with Crippen LogP contribution in [0.25, 0.3) is 5.65 Å². The molecule has 2 N–H and O–H groups in total. The van der Waals surface area contributed by atoms with Gasteiger partial charge in [0.05, 0.1) is 5.69 Å². The minimum absolute atomic E-state index is 0.756. The topological polar surface area (TPSA) is 43.3 Å². The van der Waals surface area contributed by atoms with Gasteiger partial charge in [0, 0.05) is 35.8 Å². The van der Waals surface area contributed by atoms with E-state index in [1.165, 1.54) is 30.7 Å². The molecule has 1 fully saturated rings. The Labute approximate surface area is 105 Å². The maximum atomic E-state index is 5.76. The molecule has 90 valence electrons. The smallest absolute Gasteiger partial charge is 0.139 e. The lowest BCUT2D eigenvalue weighted by molar-refractivity contribution is 0.656. The van der Waals surface area contributed by atoms with Gasteiger partial charge in [-0.3, -0.25) is 0 Å². The summed E-state index contributed by atoms with van der Waals surface area (Å²) in [6, 6.07) is 3.84. The number of nitrogen functional groups attached to an aromatic ring is 1. The summed E-state index contributed by atoms with van der Waals surface area (Å²) in [4.78, 5) is 4.64. The van der Waals surface area contributed by atoms with E-state index in [1.54, 1.807) is 0 Å². The van der Waals surface area contributed by atoms with Crippen LogP contribution in [0.1, 0.15) is 25.0 Å². The van der Waals surface area contributed by atoms with E-state index in [9.17, 15) is 0 Å². The van der Waals surface area contributed by atoms with Crippen LogP contribution in [0.5, 0.6) is 0 Å². The minimum atomic E-state index is 0.756. The van der Waals surface area contributed by atoms with E-state index in [2.05, 4.69) is 27.3 Å². The van der Waals surface area contributed by atoms with Gasteiger partial charge >= 0.3 is 0 Å². The third kappa shape index (κ3) is 2.41. The molecule has 3 heterocycles. The zero-order valence-electron chi connectivity index (χ0n) is 9.80. The fourth-order valence-electron chi connectivity index (χ4n) is 2.35. The Kier molecular flexibility index (Phi) is 2.97. The molecule has 3 nitrogen and oxygen atoms in total. The van der Waals surface area contributed by atoms with Gasteiger partial charge in [-0.15, -0.1) is 0 Å². The Bertz CT molecular complexity index is 514. The summed E-state index contributed by atoms with van der Waals surface area (Å²) in [5.41, 5.74) is 8.69. The molecule has 3 rings (SSSR count). The lowest BCUT2D eigenvalue weighted by Gasteiger charge is -2.19. The number of imidazole rings is 1. The van der Waals surface area contributed by atoms with Gasteiger partial charge in [0.15, 0.2) is 0 Å². The van der Waals surface area contributed by atoms with E-state index in [1.807, 2.05) is 18.3 Å². The van der Waals surface area contributed by atoms with Crippen molar-refractivity contribution in [1.29, 1.82) is 0 Å². The van der Waals surface area contributed by atoms with Gasteiger partial charge < -0.3 is 10.1 Å². The Morgan fingerprint density at radius 3 is 3.24 bits per heavy atom. The van der Waals surface area contributed by atoms with Crippen LogP contribution in [0.4, 0.5) is 5.69 Å². The predicted octanol–water partition coefficient (Wildman–Crippen LogP) is 2.74. The van der Waals surface area contributed by atoms with Crippen molar-refractivity contribution < 1.29 is 0 Å². The second-order valence-corrected chi connectivity index (χ2v) is 6.06. The molecular weight excluding hydrogens is 230 g/mol. The fraction of sp³-hybridized carbons (Fsp3) is 0.462. The molecule has 1 aliphatic heterocycles. The number of fused-ring (bicyclic) bond motifs is 1. The zero-order valence-corrected chi connectivity index (χ0v) is 10.6. The van der Waals surface area contributed by atoms with Crippen molar-refractivity contribution in [3.63, 3.8) is 0 Å². The highest BCUT2D eigenvalue weighted by atomic mass is 32.2. The van der Waals surface area contributed by atoms with E-state index in [0.29, 0.717) is 0 Å². The molecule has 0 saturated carbocycles. The molecule has 17 heavy (non-hydrogen) atoms. The average molecular weight is 247 g/mol. The normalized spacial score (nSPS) is 20.8. The molecule has 0 radical (unpaired) electrons. The molecule has 0 aromatic carbocycles. The van der Waals surface area contributed by atoms with Crippen molar-refractivity contribution in [2.24, 2.45) is 0 Å². The van der Waals surface area contributed by atoms with Gasteiger partial charge in [0.2, 0.25) is 0 Å². The van der Waals surface area contributed by atoms with Crippen LogP contribution in [0.3, 0.4) is 0 Å². The first kappa shape index (κ1) is 11.0. The fourth-order valence-corrected chi connectivity index (χ4v) is 3.68. The second-order valence-electron chi connectivity index (χ2n) is 4.65. The first-order valence-corrected chi connectivity index (χ1v) is 7.21. The summed E-state index contributed by atoms with van der Waals surface area (Å²) in [6.07, 6.45) is 9.28. The van der Waals surface area contributed by atoms with E-state index in [-0.39, 0.29) is 0 Å². The average Bonchev–Trinajstić information content (AvgIpc) is 2.71. The summed E-state index contributed by atoms with van der Waals surface area (Å²) in [6.45, 7) is 0. The van der Waals surface area contributed by atoms with Crippen LogP contribution in [0.2, 0.25) is 0 Å². The Morgan fingerprint density at radius 1 is 1.47 bits per heavy atom. The summed E-state index contributed by atoms with van der Waals surface area (Å²) >= 11 is 2.10. The molecule has 4 heteroatoms. The van der Waals surface area contributed by atoms with Gasteiger partial charge in [-0.1, -0.05) is 6.42 Å². The molecule has 2 aromatic rings. The summed E-state index contributed by atoms with van der Waals surface area (Å²) < 4.78 is 2.05. The highest BCUT2D eigenvalue weighted by Crippen LogP contribution is 2.27. The van der Waals surface area contributed by atoms with Gasteiger partial charge in [0.25, 0.3) is 0 Å². The van der Waals surface area contributed by atoms with Crippen molar-refractivity contribution >= 4 is 23.1 Å². The van der Waals surface area contributed by atoms with E-state index >= 15 is 0 Å². The highest BCUT2D eigenvalue weighted by molar-refractivity contribution is 7.99. The van der Waals surface area contributed by atoms with Gasteiger partial charge in [0.1, 0.15) is 5.65 Å². The predicted molar refractivity (Wildman–Crippen MR) is 73.4 cm³/mol. The van der Waals surface area contributed by atoms with Crippen molar-refractivity contribution in [2.45, 2.75) is 30.9 Å². The van der Waals surface area contributed by atoms with Crippen LogP contribution >= 0.6 is 11.8 Å². The summed E-state index contributed by atoms with van der Waals surface area (Å²) in [7, 11) is 0. The highest BCUT2D eigenvalue weighted by Gasteiger charge is 2.15. The van der Waals surface area contributed by atoms with E-state index in [4.69, 9.17) is 5.73 Å². The Morgan fingerprint density at radius 2 is 2.41 bits per heavy atom. The number of hydrogen-bond donors (Lipinski definition) is 1. The molecule has 1 aliphatic rings. The Hall–Kier alpha value is -1.16. The number of aromatic nitrogens is 2. The standard InChI is InChI=1S/C13H17N3S/c14-10-4-5-16-9-11(15-13(16)7-10)8-12-3-1-2-6-17-12/h4-5,7,9,12H,1-3,6,8,14H2. The summed E-state index contributed by atoms with van der Waals surface area (Å²) in [5.74, 6) is 1.31. The largest absolute Gasteiger partial charge is 0.399 e. The van der Waals surface area contributed by atoms with Gasteiger partial charge in [-0.05, 0) is 24.7 Å². The maximum absolute atomic E-state index is 5.76. The lowest BCUT2D eigenvalue weighted by Crippen LogP contribution is -2.12.